The van der Waals surface area contributed by atoms with Crippen LogP contribution in [0.15, 0.2) is 60.7 Å². The number of sulfone groups is 1. The Kier molecular flexibility index (Phi) is 7.69. The smallest absolute Gasteiger partial charge is 0.168 e. The van der Waals surface area contributed by atoms with Crippen LogP contribution in [0.3, 0.4) is 0 Å². The van der Waals surface area contributed by atoms with Gasteiger partial charge in [0.05, 0.1) is 12.4 Å². The molecule has 0 saturated carbocycles. The number of nitrogens with zero attached hydrogens (tertiary/aromatic N) is 1. The average molecular weight is 412 g/mol. The maximum Gasteiger partial charge on any atom is 0.168 e. The number of likely N-dealkylation sites (N-methyl/N-ethyl adjacent to an activating group) is 1. The van der Waals surface area contributed by atoms with Gasteiger partial charge in [-0.2, -0.15) is 0 Å². The third-order valence-corrected chi connectivity index (χ3v) is 7.16. The molecule has 6 nitrogen and oxygen atoms in total. The van der Waals surface area contributed by atoms with Crippen molar-refractivity contribution in [1.29, 1.82) is 0 Å². The van der Waals surface area contributed by atoms with Gasteiger partial charge in [-0.05, 0) is 25.2 Å². The normalized spacial score (nSPS) is 13.6. The Labute approximate surface area is 163 Å². The van der Waals surface area contributed by atoms with Crippen molar-refractivity contribution in [3.05, 3.63) is 71.8 Å². The van der Waals surface area contributed by atoms with Crippen LogP contribution in [-0.2, 0) is 31.3 Å². The van der Waals surface area contributed by atoms with Crippen LogP contribution in [0.1, 0.15) is 11.1 Å². The van der Waals surface area contributed by atoms with Gasteiger partial charge in [0.1, 0.15) is 5.60 Å². The Hall–Kier alpha value is -1.58. The molecule has 1 N–H and O–H groups in total. The van der Waals surface area contributed by atoms with Gasteiger partial charge in [-0.25, -0.2) is 12.6 Å². The molecule has 2 aromatic rings. The maximum atomic E-state index is 12.7. The van der Waals surface area contributed by atoms with Crippen molar-refractivity contribution in [2.45, 2.75) is 5.60 Å². The molecule has 2 rings (SSSR count). The van der Waals surface area contributed by atoms with E-state index in [9.17, 15) is 12.6 Å². The largest absolute Gasteiger partial charge is 0.363 e. The zero-order chi connectivity index (χ0) is 19.9. The highest BCUT2D eigenvalue weighted by Crippen LogP contribution is 2.35. The van der Waals surface area contributed by atoms with Crippen LogP contribution in [0, 0.1) is 0 Å². The van der Waals surface area contributed by atoms with E-state index in [1.807, 2.05) is 79.7 Å². The third kappa shape index (κ3) is 6.22. The number of benzene rings is 2. The lowest BCUT2D eigenvalue weighted by atomic mass is 9.87. The first-order chi connectivity index (χ1) is 12.8. The van der Waals surface area contributed by atoms with E-state index >= 15 is 0 Å². The van der Waals surface area contributed by atoms with E-state index in [1.165, 1.54) is 0 Å². The van der Waals surface area contributed by atoms with Gasteiger partial charge in [-0.3, -0.25) is 0 Å². The molecule has 0 aromatic heterocycles. The van der Waals surface area contributed by atoms with Crippen molar-refractivity contribution in [3.8, 4) is 0 Å². The molecule has 27 heavy (non-hydrogen) atoms. The standard InChI is InChI=1S/C19H25NO5S2/c1-20(2)13-14-25-19(17-9-5-3-6-10-17,18-11-7-4-8-12-18)15-27(23,24)16-26(21)22/h3-12H,13-16H2,1-2H3,(H,21,22). The minimum absolute atomic E-state index is 0.300. The van der Waals surface area contributed by atoms with Crippen LogP contribution in [0.2, 0.25) is 0 Å². The molecule has 0 aliphatic rings. The SMILES string of the molecule is CN(C)CCOC(CS(=O)(=O)CS(=O)O)(c1ccccc1)c1ccccc1. The molecule has 8 heteroatoms. The first-order valence-electron chi connectivity index (χ1n) is 8.43. The van der Waals surface area contributed by atoms with E-state index in [0.717, 1.165) is 0 Å². The summed E-state index contributed by atoms with van der Waals surface area (Å²) in [6, 6.07) is 18.2. The molecular weight excluding hydrogens is 386 g/mol. The topological polar surface area (TPSA) is 83.9 Å². The van der Waals surface area contributed by atoms with Crippen LogP contribution in [0.25, 0.3) is 0 Å². The number of hydrogen-bond acceptors (Lipinski definition) is 5. The van der Waals surface area contributed by atoms with Crippen LogP contribution in [0.4, 0.5) is 0 Å². The summed E-state index contributed by atoms with van der Waals surface area (Å²) in [5.74, 6) is -0.423. The fourth-order valence-corrected chi connectivity index (χ4v) is 5.46. The highest BCUT2D eigenvalue weighted by molar-refractivity contribution is 8.03. The predicted molar refractivity (Wildman–Crippen MR) is 108 cm³/mol. The molecule has 0 aliphatic heterocycles. The predicted octanol–water partition coefficient (Wildman–Crippen LogP) is 2.10. The van der Waals surface area contributed by atoms with E-state index in [4.69, 9.17) is 9.29 Å². The molecule has 0 aliphatic carbocycles. The Morgan fingerprint density at radius 3 is 1.89 bits per heavy atom. The molecule has 0 heterocycles. The lowest BCUT2D eigenvalue weighted by Crippen LogP contribution is -2.41. The molecule has 0 fully saturated rings. The Morgan fingerprint density at radius 1 is 1.00 bits per heavy atom. The summed E-state index contributed by atoms with van der Waals surface area (Å²) >= 11 is -2.45. The molecule has 1 atom stereocenters. The summed E-state index contributed by atoms with van der Waals surface area (Å²) in [4.78, 5) is 1.94. The van der Waals surface area contributed by atoms with Crippen molar-refractivity contribution < 1.29 is 21.9 Å². The van der Waals surface area contributed by atoms with Gasteiger partial charge in [0.25, 0.3) is 0 Å². The van der Waals surface area contributed by atoms with Crippen molar-refractivity contribution in [2.24, 2.45) is 0 Å². The highest BCUT2D eigenvalue weighted by Gasteiger charge is 2.40. The van der Waals surface area contributed by atoms with Gasteiger partial charge >= 0.3 is 0 Å². The van der Waals surface area contributed by atoms with Crippen molar-refractivity contribution in [3.63, 3.8) is 0 Å². The maximum absolute atomic E-state index is 12.7. The van der Waals surface area contributed by atoms with Crippen LogP contribution >= 0.6 is 0 Å². The molecular formula is C19H25NO5S2. The van der Waals surface area contributed by atoms with Crippen molar-refractivity contribution in [1.82, 2.24) is 4.90 Å². The second-order valence-electron chi connectivity index (χ2n) is 6.54. The molecule has 1 unspecified atom stereocenters. The van der Waals surface area contributed by atoms with Gasteiger partial charge in [-0.15, -0.1) is 0 Å². The number of rotatable bonds is 10. The second-order valence-corrected chi connectivity index (χ2v) is 9.90. The van der Waals surface area contributed by atoms with Crippen LogP contribution in [0.5, 0.6) is 0 Å². The molecule has 0 radical (unpaired) electrons. The van der Waals surface area contributed by atoms with E-state index in [1.54, 1.807) is 0 Å². The molecule has 148 valence electrons. The summed E-state index contributed by atoms with van der Waals surface area (Å²) in [7, 11) is -0.0652. The van der Waals surface area contributed by atoms with Gasteiger partial charge in [0, 0.05) is 6.54 Å². The number of hydrogen-bond donors (Lipinski definition) is 1. The van der Waals surface area contributed by atoms with Gasteiger partial charge in [0.15, 0.2) is 26.0 Å². The summed E-state index contributed by atoms with van der Waals surface area (Å²) in [5, 5.41) is -0.828. The molecule has 0 spiro atoms. The van der Waals surface area contributed by atoms with E-state index in [2.05, 4.69) is 0 Å². The number of ether oxygens (including phenoxy) is 1. The molecule has 0 bridgehead atoms. The summed E-state index contributed by atoms with van der Waals surface area (Å²) in [6.07, 6.45) is 0. The summed E-state index contributed by atoms with van der Waals surface area (Å²) in [6.45, 7) is 0.905. The third-order valence-electron chi connectivity index (χ3n) is 4.07. The quantitative estimate of drug-likeness (QED) is 0.603. The Bertz CT molecular complexity index is 799. The van der Waals surface area contributed by atoms with E-state index in [0.29, 0.717) is 24.3 Å². The first-order valence-corrected chi connectivity index (χ1v) is 11.5. The zero-order valence-electron chi connectivity index (χ0n) is 15.4. The minimum Gasteiger partial charge on any atom is -0.363 e. The first kappa shape index (κ1) is 21.7. The molecule has 0 amide bonds. The Morgan fingerprint density at radius 2 is 1.48 bits per heavy atom. The van der Waals surface area contributed by atoms with Crippen molar-refractivity contribution >= 4 is 20.9 Å². The highest BCUT2D eigenvalue weighted by atomic mass is 32.3. The average Bonchev–Trinajstić information content (AvgIpc) is 2.60. The van der Waals surface area contributed by atoms with E-state index in [-0.39, 0.29) is 0 Å². The van der Waals surface area contributed by atoms with Gasteiger partial charge in [-0.1, -0.05) is 60.7 Å². The minimum atomic E-state index is -3.87. The van der Waals surface area contributed by atoms with Gasteiger partial charge < -0.3 is 14.2 Å². The van der Waals surface area contributed by atoms with Crippen molar-refractivity contribution in [2.75, 3.05) is 38.1 Å². The molecule has 0 saturated heterocycles. The summed E-state index contributed by atoms with van der Waals surface area (Å²) in [5.41, 5.74) is 0.0982. The summed E-state index contributed by atoms with van der Waals surface area (Å²) < 4.78 is 51.8. The lowest BCUT2D eigenvalue weighted by molar-refractivity contribution is -0.00754. The molecule has 2 aromatic carbocycles. The fraction of sp³-hybridized carbons (Fsp3) is 0.368. The van der Waals surface area contributed by atoms with E-state index < -0.39 is 37.4 Å². The van der Waals surface area contributed by atoms with Crippen LogP contribution in [-0.4, -0.2) is 60.2 Å². The monoisotopic (exact) mass is 411 g/mol. The van der Waals surface area contributed by atoms with Gasteiger partial charge in [0.2, 0.25) is 0 Å². The van der Waals surface area contributed by atoms with Crippen LogP contribution < -0.4 is 0 Å². The Balaban J connectivity index is 2.56. The second kappa shape index (κ2) is 9.57. The lowest BCUT2D eigenvalue weighted by Gasteiger charge is -2.35. The zero-order valence-corrected chi connectivity index (χ0v) is 17.1. The fourth-order valence-electron chi connectivity index (χ4n) is 2.86.